The van der Waals surface area contributed by atoms with Gasteiger partial charge >= 0.3 is 5.97 Å². The van der Waals surface area contributed by atoms with Gasteiger partial charge in [0.1, 0.15) is 0 Å². The number of carbonyl (C=O) groups is 1. The lowest BCUT2D eigenvalue weighted by Gasteiger charge is -2.01. The van der Waals surface area contributed by atoms with Crippen LogP contribution in [-0.4, -0.2) is 25.8 Å². The molecule has 0 radical (unpaired) electrons. The van der Waals surface area contributed by atoms with E-state index in [1.807, 2.05) is 6.92 Å². The Morgan fingerprint density at radius 1 is 1.55 bits per heavy atom. The minimum atomic E-state index is -0.374. The normalized spacial score (nSPS) is 9.18. The number of carbonyl (C=O) groups excluding carboxylic acids is 1. The van der Waals surface area contributed by atoms with E-state index in [9.17, 15) is 4.79 Å². The van der Waals surface area contributed by atoms with Crippen molar-refractivity contribution >= 4 is 5.97 Å². The third-order valence-electron chi connectivity index (χ3n) is 1.05. The molecule has 0 aliphatic carbocycles. The SMILES string of the molecule is C=CC(=O)OCCCOCC. The highest BCUT2D eigenvalue weighted by Crippen LogP contribution is 1.86. The van der Waals surface area contributed by atoms with Crippen molar-refractivity contribution in [2.45, 2.75) is 13.3 Å². The van der Waals surface area contributed by atoms with Gasteiger partial charge < -0.3 is 9.47 Å². The molecule has 0 saturated carbocycles. The molecule has 0 rings (SSSR count). The lowest BCUT2D eigenvalue weighted by molar-refractivity contribution is -0.138. The average molecular weight is 158 g/mol. The quantitative estimate of drug-likeness (QED) is 0.330. The molecule has 0 aliphatic rings. The Bertz CT molecular complexity index is 121. The molecule has 0 atom stereocenters. The van der Waals surface area contributed by atoms with Crippen LogP contribution in [0.4, 0.5) is 0 Å². The number of rotatable bonds is 6. The predicted molar refractivity (Wildman–Crippen MR) is 42.3 cm³/mol. The van der Waals surface area contributed by atoms with Crippen LogP contribution in [0.5, 0.6) is 0 Å². The summed E-state index contributed by atoms with van der Waals surface area (Å²) in [5.74, 6) is -0.374. The second kappa shape index (κ2) is 7.28. The Morgan fingerprint density at radius 2 is 2.27 bits per heavy atom. The summed E-state index contributed by atoms with van der Waals surface area (Å²) in [4.78, 5) is 10.5. The maximum atomic E-state index is 10.5. The topological polar surface area (TPSA) is 35.5 Å². The number of ether oxygens (including phenoxy) is 2. The van der Waals surface area contributed by atoms with E-state index in [1.54, 1.807) is 0 Å². The van der Waals surface area contributed by atoms with Gasteiger partial charge in [-0.3, -0.25) is 0 Å². The Balaban J connectivity index is 3.01. The van der Waals surface area contributed by atoms with Crippen molar-refractivity contribution in [3.05, 3.63) is 12.7 Å². The van der Waals surface area contributed by atoms with Gasteiger partial charge in [0.25, 0.3) is 0 Å². The third kappa shape index (κ3) is 7.06. The molecule has 0 aromatic rings. The lowest BCUT2D eigenvalue weighted by Crippen LogP contribution is -2.04. The highest BCUT2D eigenvalue weighted by Gasteiger charge is 1.93. The van der Waals surface area contributed by atoms with Crippen molar-refractivity contribution in [1.82, 2.24) is 0 Å². The van der Waals surface area contributed by atoms with Gasteiger partial charge in [0.15, 0.2) is 0 Å². The number of hydrogen-bond acceptors (Lipinski definition) is 3. The second-order valence-corrected chi connectivity index (χ2v) is 1.92. The molecule has 0 aromatic carbocycles. The Hall–Kier alpha value is -0.830. The van der Waals surface area contributed by atoms with Crippen LogP contribution in [-0.2, 0) is 14.3 Å². The summed E-state index contributed by atoms with van der Waals surface area (Å²) in [5, 5.41) is 0. The zero-order valence-corrected chi connectivity index (χ0v) is 6.84. The third-order valence-corrected chi connectivity index (χ3v) is 1.05. The van der Waals surface area contributed by atoms with Crippen LogP contribution in [0, 0.1) is 0 Å². The minimum Gasteiger partial charge on any atom is -0.462 e. The standard InChI is InChI=1S/C8H14O3/c1-3-8(9)11-7-5-6-10-4-2/h3H,1,4-7H2,2H3. The molecule has 0 aliphatic heterocycles. The molecule has 0 amide bonds. The van der Waals surface area contributed by atoms with Gasteiger partial charge in [-0.1, -0.05) is 6.58 Å². The van der Waals surface area contributed by atoms with Crippen molar-refractivity contribution in [3.8, 4) is 0 Å². The first-order chi connectivity index (χ1) is 5.31. The zero-order chi connectivity index (χ0) is 8.53. The van der Waals surface area contributed by atoms with E-state index < -0.39 is 0 Å². The summed E-state index contributed by atoms with van der Waals surface area (Å²) >= 11 is 0. The van der Waals surface area contributed by atoms with Gasteiger partial charge in [-0.25, -0.2) is 4.79 Å². The summed E-state index contributed by atoms with van der Waals surface area (Å²) in [7, 11) is 0. The van der Waals surface area contributed by atoms with E-state index >= 15 is 0 Å². The molecule has 0 saturated heterocycles. The Morgan fingerprint density at radius 3 is 2.82 bits per heavy atom. The van der Waals surface area contributed by atoms with Crippen molar-refractivity contribution in [1.29, 1.82) is 0 Å². The average Bonchev–Trinajstić information content (AvgIpc) is 2.04. The monoisotopic (exact) mass is 158 g/mol. The van der Waals surface area contributed by atoms with E-state index in [0.717, 1.165) is 12.5 Å². The van der Waals surface area contributed by atoms with Crippen LogP contribution in [0.1, 0.15) is 13.3 Å². The zero-order valence-electron chi connectivity index (χ0n) is 6.84. The van der Waals surface area contributed by atoms with Crippen LogP contribution in [0.3, 0.4) is 0 Å². The van der Waals surface area contributed by atoms with Crippen molar-refractivity contribution < 1.29 is 14.3 Å². The molecule has 11 heavy (non-hydrogen) atoms. The minimum absolute atomic E-state index is 0.374. The van der Waals surface area contributed by atoms with E-state index in [4.69, 9.17) is 9.47 Å². The van der Waals surface area contributed by atoms with Gasteiger partial charge in [0, 0.05) is 25.7 Å². The first kappa shape index (κ1) is 10.2. The smallest absolute Gasteiger partial charge is 0.330 e. The fraction of sp³-hybridized carbons (Fsp3) is 0.625. The van der Waals surface area contributed by atoms with Crippen LogP contribution in [0.2, 0.25) is 0 Å². The highest BCUT2D eigenvalue weighted by molar-refractivity contribution is 5.81. The summed E-state index contributed by atoms with van der Waals surface area (Å²) in [5.41, 5.74) is 0. The van der Waals surface area contributed by atoms with Crippen LogP contribution < -0.4 is 0 Å². The Kier molecular flexibility index (Phi) is 6.73. The molecular weight excluding hydrogens is 144 g/mol. The fourth-order valence-electron chi connectivity index (χ4n) is 0.537. The van der Waals surface area contributed by atoms with Gasteiger partial charge in [-0.2, -0.15) is 0 Å². The Labute approximate surface area is 67.0 Å². The second-order valence-electron chi connectivity index (χ2n) is 1.92. The largest absolute Gasteiger partial charge is 0.462 e. The maximum Gasteiger partial charge on any atom is 0.330 e. The van der Waals surface area contributed by atoms with Crippen LogP contribution in [0.15, 0.2) is 12.7 Å². The lowest BCUT2D eigenvalue weighted by atomic mass is 10.5. The van der Waals surface area contributed by atoms with E-state index in [-0.39, 0.29) is 5.97 Å². The maximum absolute atomic E-state index is 10.5. The van der Waals surface area contributed by atoms with E-state index in [2.05, 4.69) is 6.58 Å². The summed E-state index contributed by atoms with van der Waals surface area (Å²) < 4.78 is 9.73. The first-order valence-corrected chi connectivity index (χ1v) is 3.68. The molecule has 0 aromatic heterocycles. The summed E-state index contributed by atoms with van der Waals surface area (Å²) in [6.45, 7) is 6.95. The molecular formula is C8H14O3. The van der Waals surface area contributed by atoms with E-state index in [0.29, 0.717) is 19.8 Å². The first-order valence-electron chi connectivity index (χ1n) is 3.68. The molecule has 0 heterocycles. The molecule has 0 unspecified atom stereocenters. The molecule has 0 N–H and O–H groups in total. The van der Waals surface area contributed by atoms with Gasteiger partial charge in [0.05, 0.1) is 6.61 Å². The number of esters is 1. The molecule has 3 nitrogen and oxygen atoms in total. The highest BCUT2D eigenvalue weighted by atomic mass is 16.5. The molecule has 0 spiro atoms. The summed E-state index contributed by atoms with van der Waals surface area (Å²) in [6.07, 6.45) is 1.90. The molecule has 64 valence electrons. The predicted octanol–water partition coefficient (Wildman–Crippen LogP) is 1.14. The van der Waals surface area contributed by atoms with Crippen molar-refractivity contribution in [3.63, 3.8) is 0 Å². The van der Waals surface area contributed by atoms with E-state index in [1.165, 1.54) is 0 Å². The van der Waals surface area contributed by atoms with Gasteiger partial charge in [0.2, 0.25) is 0 Å². The summed E-state index contributed by atoms with van der Waals surface area (Å²) in [6, 6.07) is 0. The van der Waals surface area contributed by atoms with Crippen molar-refractivity contribution in [2.75, 3.05) is 19.8 Å². The van der Waals surface area contributed by atoms with Gasteiger partial charge in [-0.15, -0.1) is 0 Å². The number of hydrogen-bond donors (Lipinski definition) is 0. The molecule has 3 heteroatoms. The van der Waals surface area contributed by atoms with Crippen molar-refractivity contribution in [2.24, 2.45) is 0 Å². The fourth-order valence-corrected chi connectivity index (χ4v) is 0.537. The molecule has 0 fully saturated rings. The van der Waals surface area contributed by atoms with Crippen LogP contribution >= 0.6 is 0 Å². The molecule has 0 bridgehead atoms. The van der Waals surface area contributed by atoms with Crippen LogP contribution in [0.25, 0.3) is 0 Å². The van der Waals surface area contributed by atoms with Gasteiger partial charge in [-0.05, 0) is 6.92 Å².